The maximum absolute atomic E-state index is 6.90. The Labute approximate surface area is 223 Å². The summed E-state index contributed by atoms with van der Waals surface area (Å²) in [7, 11) is -3.76. The average molecular weight is 527 g/mol. The van der Waals surface area contributed by atoms with E-state index in [9.17, 15) is 0 Å². The predicted octanol–water partition coefficient (Wildman–Crippen LogP) is 9.19. The third-order valence-electron chi connectivity index (χ3n) is 7.80. The van der Waals surface area contributed by atoms with Gasteiger partial charge in [0, 0.05) is 17.4 Å². The Bertz CT molecular complexity index is 976. The van der Waals surface area contributed by atoms with Gasteiger partial charge < -0.3 is 13.6 Å². The molecule has 5 heteroatoms. The van der Waals surface area contributed by atoms with Gasteiger partial charge in [0.05, 0.1) is 6.10 Å². The largest absolute Gasteiger partial charge is 0.543 e. The molecule has 1 aliphatic heterocycles. The Morgan fingerprint density at radius 1 is 1.06 bits per heavy atom. The highest BCUT2D eigenvalue weighted by Gasteiger charge is 2.48. The number of allylic oxidation sites excluding steroid dienone is 3. The molecule has 1 aliphatic carbocycles. The van der Waals surface area contributed by atoms with Crippen LogP contribution < -0.4 is 9.16 Å². The van der Waals surface area contributed by atoms with Gasteiger partial charge in [0.1, 0.15) is 17.1 Å². The summed E-state index contributed by atoms with van der Waals surface area (Å²) in [5, 5.41) is 0. The van der Waals surface area contributed by atoms with Crippen LogP contribution in [0.5, 0.6) is 11.5 Å². The minimum absolute atomic E-state index is 0.140. The summed E-state index contributed by atoms with van der Waals surface area (Å²) >= 11 is 0. The lowest BCUT2D eigenvalue weighted by molar-refractivity contribution is -0.00654. The Morgan fingerprint density at radius 3 is 2.36 bits per heavy atom. The normalized spacial score (nSPS) is 23.1. The quantitative estimate of drug-likeness (QED) is 0.154. The van der Waals surface area contributed by atoms with Crippen molar-refractivity contribution in [1.29, 1.82) is 0 Å². The minimum atomic E-state index is -1.95. The van der Waals surface area contributed by atoms with Crippen LogP contribution in [0.4, 0.5) is 0 Å². The van der Waals surface area contributed by atoms with E-state index in [4.69, 9.17) is 13.6 Å². The highest BCUT2D eigenvalue weighted by Crippen LogP contribution is 2.54. The molecular formula is C31H50O3Si2. The Hall–Kier alpha value is -1.57. The van der Waals surface area contributed by atoms with Gasteiger partial charge >= 0.3 is 0 Å². The maximum Gasteiger partial charge on any atom is 0.248 e. The van der Waals surface area contributed by atoms with E-state index in [1.165, 1.54) is 36.0 Å². The van der Waals surface area contributed by atoms with Gasteiger partial charge in [-0.2, -0.15) is 0 Å². The molecule has 1 heterocycles. The number of aryl methyl sites for hydroxylation is 1. The fourth-order valence-electron chi connectivity index (χ4n) is 5.91. The van der Waals surface area contributed by atoms with Crippen molar-refractivity contribution >= 4 is 16.6 Å². The van der Waals surface area contributed by atoms with E-state index in [1.54, 1.807) is 0 Å². The molecule has 0 N–H and O–H groups in total. The van der Waals surface area contributed by atoms with Gasteiger partial charge in [0.2, 0.25) is 8.32 Å². The van der Waals surface area contributed by atoms with Gasteiger partial charge in [-0.15, -0.1) is 13.2 Å². The van der Waals surface area contributed by atoms with Gasteiger partial charge in [0.25, 0.3) is 0 Å². The first-order chi connectivity index (χ1) is 16.8. The molecular weight excluding hydrogens is 477 g/mol. The number of hydrogen-bond donors (Lipinski definition) is 0. The van der Waals surface area contributed by atoms with E-state index in [2.05, 4.69) is 85.2 Å². The summed E-state index contributed by atoms with van der Waals surface area (Å²) in [4.78, 5) is 0. The van der Waals surface area contributed by atoms with Crippen molar-refractivity contribution in [3.05, 3.63) is 60.2 Å². The van der Waals surface area contributed by atoms with E-state index in [0.717, 1.165) is 36.4 Å². The van der Waals surface area contributed by atoms with Crippen molar-refractivity contribution in [2.75, 3.05) is 0 Å². The topological polar surface area (TPSA) is 27.7 Å². The number of fused-ring (bicyclic) bond motifs is 3. The molecule has 3 unspecified atom stereocenters. The average Bonchev–Trinajstić information content (AvgIpc) is 2.73. The van der Waals surface area contributed by atoms with Crippen LogP contribution in [0.15, 0.2) is 49.1 Å². The van der Waals surface area contributed by atoms with Gasteiger partial charge in [-0.1, -0.05) is 38.0 Å². The fourth-order valence-corrected chi connectivity index (χ4v) is 9.30. The number of hydrogen-bond acceptors (Lipinski definition) is 3. The third-order valence-corrected chi connectivity index (χ3v) is 12.0. The van der Waals surface area contributed by atoms with E-state index in [-0.39, 0.29) is 17.6 Å². The van der Waals surface area contributed by atoms with Crippen molar-refractivity contribution in [2.45, 2.75) is 116 Å². The number of ether oxygens (including phenoxy) is 1. The van der Waals surface area contributed by atoms with Crippen molar-refractivity contribution in [2.24, 2.45) is 5.92 Å². The van der Waals surface area contributed by atoms with Crippen LogP contribution in [0.2, 0.25) is 38.3 Å². The van der Waals surface area contributed by atoms with Gasteiger partial charge in [-0.25, -0.2) is 0 Å². The van der Waals surface area contributed by atoms with E-state index < -0.39 is 16.6 Å². The lowest BCUT2D eigenvalue weighted by Gasteiger charge is -2.49. The van der Waals surface area contributed by atoms with Crippen LogP contribution in [0.3, 0.4) is 0 Å². The first kappa shape index (κ1) is 29.0. The molecule has 3 atom stereocenters. The smallest absolute Gasteiger partial charge is 0.248 e. The molecule has 0 saturated heterocycles. The SMILES string of the molecule is C=CC[Si](C)(C)Oc1cc(CCCCC)cc2c1C1C=C(C)C(O[Si](C)(C)CC=C)CC1C(C)(C)O2. The first-order valence-corrected chi connectivity index (χ1v) is 20.2. The van der Waals surface area contributed by atoms with Crippen LogP contribution >= 0.6 is 0 Å². The first-order valence-electron chi connectivity index (χ1n) is 13.9. The summed E-state index contributed by atoms with van der Waals surface area (Å²) in [6.07, 6.45) is 12.3. The monoisotopic (exact) mass is 526 g/mol. The summed E-state index contributed by atoms with van der Waals surface area (Å²) in [5.74, 6) is 2.64. The Morgan fingerprint density at radius 2 is 1.72 bits per heavy atom. The summed E-state index contributed by atoms with van der Waals surface area (Å²) in [6, 6.07) is 6.51. The zero-order chi connectivity index (χ0) is 26.7. The molecule has 200 valence electrons. The second kappa shape index (κ2) is 11.4. The van der Waals surface area contributed by atoms with Crippen molar-refractivity contribution < 1.29 is 13.6 Å². The highest BCUT2D eigenvalue weighted by molar-refractivity contribution is 6.72. The second-order valence-electron chi connectivity index (χ2n) is 12.7. The predicted molar refractivity (Wildman–Crippen MR) is 159 cm³/mol. The van der Waals surface area contributed by atoms with E-state index in [0.29, 0.717) is 5.92 Å². The van der Waals surface area contributed by atoms with Crippen molar-refractivity contribution in [3.63, 3.8) is 0 Å². The molecule has 0 radical (unpaired) electrons. The standard InChI is InChI=1S/C31H50O3Si2/c1-11-14-15-16-24-20-28-30(29(21-24)34-36(9,10)18-13-3)25-19-23(4)27(33-35(7,8)17-12-2)22-26(25)31(5,6)32-28/h12-13,19-21,25-27H,2-3,11,14-18,22H2,1,4-10H3. The minimum Gasteiger partial charge on any atom is -0.543 e. The molecule has 1 aromatic rings. The molecule has 3 nitrogen and oxygen atoms in total. The lowest BCUT2D eigenvalue weighted by atomic mass is 9.67. The Balaban J connectivity index is 2.07. The molecule has 0 aromatic heterocycles. The number of unbranched alkanes of at least 4 members (excludes halogenated alkanes) is 2. The molecule has 0 spiro atoms. The van der Waals surface area contributed by atoms with Gasteiger partial charge in [-0.3, -0.25) is 0 Å². The molecule has 2 aliphatic rings. The van der Waals surface area contributed by atoms with Crippen molar-refractivity contribution in [3.8, 4) is 11.5 Å². The van der Waals surface area contributed by atoms with E-state index >= 15 is 0 Å². The van der Waals surface area contributed by atoms with Gasteiger partial charge in [-0.05, 0) is 102 Å². The Kier molecular flexibility index (Phi) is 9.22. The molecule has 3 rings (SSSR count). The lowest BCUT2D eigenvalue weighted by Crippen LogP contribution is -2.49. The summed E-state index contributed by atoms with van der Waals surface area (Å²) in [6.45, 7) is 26.1. The van der Waals surface area contributed by atoms with Crippen molar-refractivity contribution in [1.82, 2.24) is 0 Å². The van der Waals surface area contributed by atoms with E-state index in [1.807, 2.05) is 12.2 Å². The summed E-state index contributed by atoms with van der Waals surface area (Å²) in [5.41, 5.74) is 3.62. The van der Waals surface area contributed by atoms with Crippen LogP contribution in [0.25, 0.3) is 0 Å². The summed E-state index contributed by atoms with van der Waals surface area (Å²) < 4.78 is 20.5. The molecule has 0 fully saturated rings. The molecule has 0 bridgehead atoms. The van der Waals surface area contributed by atoms with Gasteiger partial charge in [0.15, 0.2) is 8.32 Å². The number of benzene rings is 1. The molecule has 36 heavy (non-hydrogen) atoms. The second-order valence-corrected chi connectivity index (χ2v) is 21.0. The zero-order valence-corrected chi connectivity index (χ0v) is 26.2. The highest BCUT2D eigenvalue weighted by atomic mass is 28.4. The van der Waals surface area contributed by atoms with Crippen LogP contribution in [-0.4, -0.2) is 28.3 Å². The zero-order valence-electron chi connectivity index (χ0n) is 24.2. The number of rotatable bonds is 12. The van der Waals surface area contributed by atoms with Crippen LogP contribution in [0.1, 0.15) is 70.4 Å². The third kappa shape index (κ3) is 6.84. The molecule has 0 amide bonds. The fraction of sp³-hybridized carbons (Fsp3) is 0.613. The molecule has 0 saturated carbocycles. The molecule has 1 aromatic carbocycles. The van der Waals surface area contributed by atoms with Crippen LogP contribution in [0, 0.1) is 5.92 Å². The van der Waals surface area contributed by atoms with Crippen LogP contribution in [-0.2, 0) is 10.8 Å². The maximum atomic E-state index is 6.90.